The van der Waals surface area contributed by atoms with E-state index in [9.17, 15) is 23.6 Å². The van der Waals surface area contributed by atoms with Gasteiger partial charge >= 0.3 is 0 Å². The Bertz CT molecular complexity index is 5290. The molecule has 29 heteroatoms. The maximum atomic E-state index is 12.7. The first-order valence-electron chi connectivity index (χ1n) is 31.9. The average molecular weight is 1610 g/mol. The molecule has 0 spiro atoms. The van der Waals surface area contributed by atoms with Crippen LogP contribution in [0.5, 0.6) is 0 Å². The SMILES string of the molecule is C#Cc1ccccn1.Cl.Cl.N#CCBr.N#CCN1CCn2c(nc3cc(Br)ccc3c2=O)C1.N#CCN1CCn2c(nc3cc(C#Cc4ccccn4)ccc3c2=O)C1.N#CCN1CCn2c(nc3cc(C#Cc4ccccn4)ccc3c2=O)C1.O=c1c2ccc(Br)cc2nc2n1CCNC2.[2H]CF. The zero-order valence-electron chi connectivity index (χ0n) is 56.0. The normalized spacial score (nSPS) is 12.9. The highest BCUT2D eigenvalue weighted by atomic mass is 79.9. The van der Waals surface area contributed by atoms with Gasteiger partial charge in [-0.05, 0) is 121 Å². The lowest BCUT2D eigenvalue weighted by molar-refractivity contribution is 0.237. The van der Waals surface area contributed by atoms with Gasteiger partial charge in [0.15, 0.2) is 0 Å². The number of pyridine rings is 3. The van der Waals surface area contributed by atoms with Gasteiger partial charge in [-0.3, -0.25) is 56.5 Å². The zero-order chi connectivity index (χ0) is 72.3. The molecule has 1 N–H and O–H groups in total. The summed E-state index contributed by atoms with van der Waals surface area (Å²) in [5.74, 6) is 17.5. The first kappa shape index (κ1) is 78.0. The Kier molecular flexibility index (Phi) is 30.4. The number of terminal acetylenes is 1. The molecule has 103 heavy (non-hydrogen) atoms. The molecule has 0 saturated heterocycles. The largest absolute Gasteiger partial charge is 0.308 e. The van der Waals surface area contributed by atoms with Crippen molar-refractivity contribution in [2.75, 3.05) is 58.3 Å². The van der Waals surface area contributed by atoms with Crippen molar-refractivity contribution in [1.29, 1.82) is 21.0 Å². The van der Waals surface area contributed by atoms with Crippen molar-refractivity contribution in [3.8, 4) is 60.3 Å². The Labute approximate surface area is 630 Å². The van der Waals surface area contributed by atoms with Crippen molar-refractivity contribution in [3.05, 3.63) is 248 Å². The molecule has 11 heterocycles. The van der Waals surface area contributed by atoms with E-state index in [1.807, 2.05) is 124 Å². The van der Waals surface area contributed by atoms with Crippen LogP contribution < -0.4 is 27.6 Å². The Balaban J connectivity index is 0.000000183. The van der Waals surface area contributed by atoms with E-state index in [4.69, 9.17) is 28.8 Å². The number of fused-ring (bicyclic) bond motifs is 8. The summed E-state index contributed by atoms with van der Waals surface area (Å²) in [6.07, 6.45) is 10.1. The second-order valence-corrected chi connectivity index (χ2v) is 24.5. The maximum absolute atomic E-state index is 12.7. The lowest BCUT2D eigenvalue weighted by atomic mass is 10.1. The van der Waals surface area contributed by atoms with Crippen molar-refractivity contribution in [2.24, 2.45) is 0 Å². The lowest BCUT2D eigenvalue weighted by Crippen LogP contribution is -2.40. The number of nitriles is 4. The Hall–Kier alpha value is -10.7. The minimum absolute atomic E-state index is 0. The molecule has 0 fully saturated rings. The first-order valence-corrected chi connectivity index (χ1v) is 33.9. The molecule has 0 bridgehead atoms. The third kappa shape index (κ3) is 21.2. The van der Waals surface area contributed by atoms with Crippen LogP contribution in [-0.4, -0.2) is 126 Å². The van der Waals surface area contributed by atoms with Gasteiger partial charge in [0.25, 0.3) is 22.2 Å². The molecule has 0 aliphatic carbocycles. The van der Waals surface area contributed by atoms with Crippen molar-refractivity contribution >= 4 is 116 Å². The smallest absolute Gasteiger partial charge is 0.261 e. The maximum Gasteiger partial charge on any atom is 0.261 e. The number of nitrogens with one attached hydrogen (secondary N) is 1. The number of hydrogen-bond acceptors (Lipinski definition) is 19. The minimum Gasteiger partial charge on any atom is -0.308 e. The summed E-state index contributed by atoms with van der Waals surface area (Å²) in [6.45, 7) is 8.57. The van der Waals surface area contributed by atoms with E-state index in [1.165, 1.54) is 0 Å². The van der Waals surface area contributed by atoms with Crippen molar-refractivity contribution < 1.29 is 5.76 Å². The molecule has 0 saturated carbocycles. The van der Waals surface area contributed by atoms with Crippen LogP contribution in [0.4, 0.5) is 4.39 Å². The first-order chi connectivity index (χ1) is 49.7. The van der Waals surface area contributed by atoms with E-state index in [0.717, 1.165) is 43.8 Å². The van der Waals surface area contributed by atoms with Crippen LogP contribution in [0.1, 0.15) is 52.9 Å². The molecule has 520 valence electrons. The molecule has 15 rings (SSSR count). The highest BCUT2D eigenvalue weighted by Crippen LogP contribution is 2.21. The van der Waals surface area contributed by atoms with Gasteiger partial charge in [-0.15, -0.1) is 31.2 Å². The summed E-state index contributed by atoms with van der Waals surface area (Å²) in [7, 11) is -1.00. The molecule has 0 unspecified atom stereocenters. The third-order valence-corrected chi connectivity index (χ3v) is 16.9. The molecule has 0 atom stereocenters. The summed E-state index contributed by atoms with van der Waals surface area (Å²) in [5.41, 5.74) is 6.35. The van der Waals surface area contributed by atoms with Gasteiger partial charge in [0.05, 0.1) is 128 Å². The second kappa shape index (κ2) is 40.1. The third-order valence-electron chi connectivity index (χ3n) is 15.6. The zero-order valence-corrected chi connectivity index (χ0v) is 61.4. The summed E-state index contributed by atoms with van der Waals surface area (Å²) in [5, 5.41) is 40.2. The van der Waals surface area contributed by atoms with Crippen LogP contribution in [0, 0.1) is 81.3 Å². The quantitative estimate of drug-likeness (QED) is 0.0978. The molecule has 7 aromatic heterocycles. The predicted octanol–water partition coefficient (Wildman–Crippen LogP) is 9.22. The van der Waals surface area contributed by atoms with E-state index in [-0.39, 0.29) is 47.1 Å². The van der Waals surface area contributed by atoms with Gasteiger partial charge in [-0.1, -0.05) is 83.8 Å². The fourth-order valence-corrected chi connectivity index (χ4v) is 11.5. The van der Waals surface area contributed by atoms with E-state index in [2.05, 4.69) is 136 Å². The Morgan fingerprint density at radius 1 is 0.476 bits per heavy atom. The lowest BCUT2D eigenvalue weighted by Gasteiger charge is -2.27. The van der Waals surface area contributed by atoms with E-state index in [0.29, 0.717) is 164 Å². The molecule has 0 radical (unpaired) electrons. The molecule has 4 aliphatic rings. The summed E-state index contributed by atoms with van der Waals surface area (Å²) in [4.78, 5) is 86.5. The summed E-state index contributed by atoms with van der Waals surface area (Å²) in [6, 6.07) is 46.9. The number of halogens is 6. The van der Waals surface area contributed by atoms with Gasteiger partial charge in [0.2, 0.25) is 0 Å². The average Bonchev–Trinajstić information content (AvgIpc) is 0.815. The van der Waals surface area contributed by atoms with Crippen LogP contribution in [-0.2, 0) is 52.4 Å². The molecule has 11 aromatic rings. The molecule has 0 amide bonds. The molecule has 23 nitrogen and oxygen atoms in total. The minimum atomic E-state index is -1.00. The van der Waals surface area contributed by atoms with Gasteiger partial charge in [0, 0.05) is 91.0 Å². The van der Waals surface area contributed by atoms with Gasteiger partial charge < -0.3 is 5.32 Å². The number of hydrogen-bond donors (Lipinski definition) is 1. The van der Waals surface area contributed by atoms with Crippen LogP contribution >= 0.6 is 72.6 Å². The molecule has 4 aliphatic heterocycles. The van der Waals surface area contributed by atoms with E-state index < -0.39 is 7.15 Å². The van der Waals surface area contributed by atoms with Gasteiger partial charge in [-0.25, -0.2) is 34.9 Å². The second-order valence-electron chi connectivity index (χ2n) is 22.1. The van der Waals surface area contributed by atoms with E-state index >= 15 is 0 Å². The van der Waals surface area contributed by atoms with Crippen LogP contribution in [0.3, 0.4) is 0 Å². The van der Waals surface area contributed by atoms with Crippen molar-refractivity contribution in [2.45, 2.75) is 52.4 Å². The highest BCUT2D eigenvalue weighted by Gasteiger charge is 2.23. The predicted molar refractivity (Wildman–Crippen MR) is 407 cm³/mol. The Morgan fingerprint density at radius 3 is 1.15 bits per heavy atom. The summed E-state index contributed by atoms with van der Waals surface area (Å²) >= 11 is 9.66. The van der Waals surface area contributed by atoms with Crippen LogP contribution in [0.2, 0.25) is 0 Å². The fraction of sp³-hybridized carbons (Fsp3) is 0.230. The number of benzene rings is 4. The van der Waals surface area contributed by atoms with Crippen molar-refractivity contribution in [1.82, 2.24) is 73.2 Å². The number of aromatic nitrogens is 11. The van der Waals surface area contributed by atoms with Gasteiger partial charge in [0.1, 0.15) is 40.4 Å². The van der Waals surface area contributed by atoms with Gasteiger partial charge in [-0.2, -0.15) is 21.0 Å². The monoisotopic (exact) mass is 1610 g/mol. The fourth-order valence-electron chi connectivity index (χ4n) is 10.8. The number of rotatable bonds is 3. The standard InChI is InChI=1S/2C20H15N5O.C13H11BrN4O.C11H10BrN3O.C7H5N.C2H2BrN.CH3F.2ClH/c2*21-8-10-24-11-12-25-19(14-24)23-18-13-15(5-7-17(18)20(25)26)4-6-16-3-1-2-9-22-16;14-9-1-2-10-11(7-9)16-12-8-17(4-3-15)5-6-18(12)13(10)19;12-7-1-2-8-9(5-7)14-10-6-13-3-4-15(10)11(8)16;1-2-7-5-3-4-6-8-7;3-1-2-4;1-2;;/h2*1-3,5,7,9,13H,10-12,14H2;1-2,7H,4-6,8H2;1-2,5,13H,3-4,6H2;1,3-6H;1H2;1H3;2*1H/i;;;;;;1D;;. The van der Waals surface area contributed by atoms with Crippen LogP contribution in [0.15, 0.2) is 174 Å². The summed E-state index contributed by atoms with van der Waals surface area (Å²) < 4.78 is 24.2. The highest BCUT2D eigenvalue weighted by molar-refractivity contribution is 9.10. The van der Waals surface area contributed by atoms with Crippen LogP contribution in [0.25, 0.3) is 43.6 Å². The number of alkyl halides is 2. The van der Waals surface area contributed by atoms with Crippen molar-refractivity contribution in [3.63, 3.8) is 0 Å². The Morgan fingerprint density at radius 2 is 0.816 bits per heavy atom. The molecule has 4 aromatic carbocycles. The molecular weight excluding hydrogens is 1550 g/mol. The van der Waals surface area contributed by atoms with E-state index in [1.54, 1.807) is 61.1 Å². The topological polar surface area (TPSA) is 295 Å². The molecular formula is C74H63Br3Cl2FN19O4. The number of nitrogens with zero attached hydrogens (tertiary/aromatic N) is 18.